The molecule has 0 aromatic rings. The van der Waals surface area contributed by atoms with Crippen molar-refractivity contribution in [2.75, 3.05) is 0 Å². The van der Waals surface area contributed by atoms with Gasteiger partial charge in [0.2, 0.25) is 0 Å². The SMILES string of the molecule is CCCCCCCC/C=C\CCCCCCC(C)C(C)(C)C(C)(C)C(C)(C)C(C)(CCCCCCCC/C=C\CCCCCCCC[SiH]1O[SiH2]O[SiH2]O[SiH2]O1)C(=O)O. The van der Waals surface area contributed by atoms with Gasteiger partial charge in [-0.2, -0.15) is 0 Å². The van der Waals surface area contributed by atoms with E-state index in [1.165, 1.54) is 161 Å². The summed E-state index contributed by atoms with van der Waals surface area (Å²) < 4.78 is 22.8. The first kappa shape index (κ1) is 55.7. The van der Waals surface area contributed by atoms with Gasteiger partial charge in [0, 0.05) is 0 Å². The molecule has 58 heavy (non-hydrogen) atoms. The molecule has 1 aliphatic heterocycles. The van der Waals surface area contributed by atoms with E-state index >= 15 is 0 Å². The summed E-state index contributed by atoms with van der Waals surface area (Å²) in [5.74, 6) is -0.0946. The van der Waals surface area contributed by atoms with Crippen LogP contribution in [-0.4, -0.2) is 50.4 Å². The van der Waals surface area contributed by atoms with E-state index in [9.17, 15) is 9.90 Å². The highest BCUT2D eigenvalue weighted by Crippen LogP contribution is 2.63. The lowest BCUT2D eigenvalue weighted by molar-refractivity contribution is -0.176. The van der Waals surface area contributed by atoms with Crippen molar-refractivity contribution in [2.24, 2.45) is 27.6 Å². The molecule has 0 aliphatic carbocycles. The third-order valence-corrected chi connectivity index (χ3v) is 22.9. The minimum atomic E-state index is -1.47. The molecule has 2 unspecified atom stereocenters. The highest BCUT2D eigenvalue weighted by atomic mass is 28.4. The van der Waals surface area contributed by atoms with E-state index in [0.717, 1.165) is 25.3 Å². The Morgan fingerprint density at radius 2 is 0.948 bits per heavy atom. The van der Waals surface area contributed by atoms with Gasteiger partial charge in [0.05, 0.1) is 5.41 Å². The summed E-state index contributed by atoms with van der Waals surface area (Å²) in [6.07, 6.45) is 44.8. The van der Waals surface area contributed by atoms with Crippen LogP contribution < -0.4 is 0 Å². The van der Waals surface area contributed by atoms with Crippen molar-refractivity contribution in [3.8, 4) is 0 Å². The van der Waals surface area contributed by atoms with Gasteiger partial charge in [0.1, 0.15) is 0 Å². The Morgan fingerprint density at radius 3 is 1.40 bits per heavy atom. The minimum absolute atomic E-state index is 0.0122. The number of carbonyl (C=O) groups is 1. The predicted octanol–water partition coefficient (Wildman–Crippen LogP) is 13.1. The zero-order chi connectivity index (χ0) is 43.0. The maximum absolute atomic E-state index is 13.1. The number of hydrogen-bond donors (Lipinski definition) is 1. The van der Waals surface area contributed by atoms with Gasteiger partial charge < -0.3 is 21.6 Å². The third kappa shape index (κ3) is 22.1. The van der Waals surface area contributed by atoms with Crippen molar-refractivity contribution < 1.29 is 26.4 Å². The standard InChI is InChI=1S/C48H98O6Si4/c1-10-11-12-13-14-15-16-17-22-25-28-31-34-37-40-43(2)45(3,4)46(5,6)47(7,8)48(9,44(49)50)41-38-35-32-29-26-23-20-18-19-21-24-27-30-33-36-39-42-58-53-56-51-55-52-57-54-58/h17-19,22,43,58H,10-16,20-21,23-42,55-57H2,1-9H3,(H,49,50)/b19-18-,22-17-. The molecule has 1 heterocycles. The molecule has 0 aromatic carbocycles. The zero-order valence-electron chi connectivity index (χ0n) is 40.1. The number of aliphatic carboxylic acids is 1. The first-order valence-electron chi connectivity index (χ1n) is 24.7. The van der Waals surface area contributed by atoms with Crippen LogP contribution in [0.2, 0.25) is 6.04 Å². The van der Waals surface area contributed by atoms with Crippen LogP contribution in [0.25, 0.3) is 0 Å². The van der Waals surface area contributed by atoms with Crippen molar-refractivity contribution in [3.63, 3.8) is 0 Å². The lowest BCUT2D eigenvalue weighted by atomic mass is 9.44. The molecule has 342 valence electrons. The molecule has 1 rings (SSSR count). The molecule has 10 heteroatoms. The van der Waals surface area contributed by atoms with Crippen molar-refractivity contribution in [3.05, 3.63) is 24.3 Å². The first-order chi connectivity index (χ1) is 27.8. The van der Waals surface area contributed by atoms with Crippen LogP contribution >= 0.6 is 0 Å². The topological polar surface area (TPSA) is 74.2 Å². The lowest BCUT2D eigenvalue weighted by Crippen LogP contribution is -2.57. The van der Waals surface area contributed by atoms with Gasteiger partial charge in [0.15, 0.2) is 0 Å². The fraction of sp³-hybridized carbons (Fsp3) is 0.896. The summed E-state index contributed by atoms with van der Waals surface area (Å²) in [6, 6.07) is 1.12. The van der Waals surface area contributed by atoms with Crippen LogP contribution in [0.3, 0.4) is 0 Å². The molecule has 0 saturated carbocycles. The Kier molecular flexibility index (Phi) is 31.9. The van der Waals surface area contributed by atoms with E-state index in [1.54, 1.807) is 0 Å². The minimum Gasteiger partial charge on any atom is -0.481 e. The van der Waals surface area contributed by atoms with Gasteiger partial charge in [-0.25, -0.2) is 0 Å². The summed E-state index contributed by atoms with van der Waals surface area (Å²) in [4.78, 5) is 13.1. The molecule has 1 N–H and O–H groups in total. The second-order valence-electron chi connectivity index (χ2n) is 19.9. The van der Waals surface area contributed by atoms with E-state index in [-0.39, 0.29) is 16.2 Å². The molecule has 1 saturated heterocycles. The molecule has 0 aromatic heterocycles. The number of rotatable bonds is 37. The second-order valence-corrected chi connectivity index (χ2v) is 28.0. The average molecular weight is 884 g/mol. The molecular formula is C48H98O6Si4. The highest BCUT2D eigenvalue weighted by molar-refractivity contribution is 6.59. The maximum atomic E-state index is 13.1. The van der Waals surface area contributed by atoms with Gasteiger partial charge in [0.25, 0.3) is 30.0 Å². The number of allylic oxidation sites excluding steroid dienone is 4. The molecule has 0 amide bonds. The summed E-state index contributed by atoms with van der Waals surface area (Å²) in [5.41, 5.74) is -1.28. The fourth-order valence-electron chi connectivity index (χ4n) is 9.06. The number of carboxylic acids is 1. The van der Waals surface area contributed by atoms with E-state index in [4.69, 9.17) is 16.5 Å². The largest absolute Gasteiger partial charge is 0.481 e. The molecule has 0 spiro atoms. The molecule has 6 nitrogen and oxygen atoms in total. The Labute approximate surface area is 370 Å². The van der Waals surface area contributed by atoms with E-state index in [0.29, 0.717) is 5.92 Å². The summed E-state index contributed by atoms with van der Waals surface area (Å²) >= 11 is 0. The molecule has 0 radical (unpaired) electrons. The molecule has 1 aliphatic rings. The first-order valence-corrected chi connectivity index (χ1v) is 29.9. The predicted molar refractivity (Wildman–Crippen MR) is 261 cm³/mol. The van der Waals surface area contributed by atoms with Crippen LogP contribution in [0.5, 0.6) is 0 Å². The van der Waals surface area contributed by atoms with E-state index < -0.39 is 50.7 Å². The Morgan fingerprint density at radius 1 is 0.552 bits per heavy atom. The molecule has 0 bridgehead atoms. The van der Waals surface area contributed by atoms with Gasteiger partial charge in [-0.3, -0.25) is 4.79 Å². The monoisotopic (exact) mass is 883 g/mol. The lowest BCUT2D eigenvalue weighted by Gasteiger charge is -2.60. The van der Waals surface area contributed by atoms with E-state index in [2.05, 4.69) is 86.6 Å². The van der Waals surface area contributed by atoms with Crippen LogP contribution in [-0.2, 0) is 21.3 Å². The number of unbranched alkanes of at least 4 members (excludes halogenated alkanes) is 22. The summed E-state index contributed by atoms with van der Waals surface area (Å²) in [7, 11) is -3.87. The summed E-state index contributed by atoms with van der Waals surface area (Å²) in [5, 5.41) is 10.7. The zero-order valence-corrected chi connectivity index (χ0v) is 45.5. The van der Waals surface area contributed by atoms with E-state index in [1.807, 2.05) is 0 Å². The Hall–Kier alpha value is -0.342. The van der Waals surface area contributed by atoms with Gasteiger partial charge in [-0.1, -0.05) is 202 Å². The molecular weight excluding hydrogens is 785 g/mol. The number of hydrogen-bond acceptors (Lipinski definition) is 5. The normalized spacial score (nSPS) is 19.0. The quantitative estimate of drug-likeness (QED) is 0.0381. The van der Waals surface area contributed by atoms with Crippen molar-refractivity contribution in [1.82, 2.24) is 0 Å². The van der Waals surface area contributed by atoms with Gasteiger partial charge in [-0.15, -0.1) is 0 Å². The van der Waals surface area contributed by atoms with Crippen LogP contribution in [0.4, 0.5) is 0 Å². The highest BCUT2D eigenvalue weighted by Gasteiger charge is 2.59. The van der Waals surface area contributed by atoms with Gasteiger partial charge in [-0.05, 0) is 92.9 Å². The van der Waals surface area contributed by atoms with Crippen molar-refractivity contribution in [1.29, 1.82) is 0 Å². The number of carboxylic acid groups (broad SMARTS) is 1. The van der Waals surface area contributed by atoms with Crippen molar-refractivity contribution in [2.45, 2.75) is 248 Å². The third-order valence-electron chi connectivity index (χ3n) is 15.3. The van der Waals surface area contributed by atoms with Crippen LogP contribution in [0.15, 0.2) is 24.3 Å². The molecule has 2 atom stereocenters. The van der Waals surface area contributed by atoms with Gasteiger partial charge >= 0.3 is 15.3 Å². The summed E-state index contributed by atoms with van der Waals surface area (Å²) in [6.45, 7) is 20.8. The van der Waals surface area contributed by atoms with Crippen LogP contribution in [0.1, 0.15) is 242 Å². The fourth-order valence-corrected chi connectivity index (χ4v) is 18.1. The second kappa shape index (κ2) is 33.2. The van der Waals surface area contributed by atoms with Crippen molar-refractivity contribution >= 4 is 45.3 Å². The Balaban J connectivity index is 2.25. The smallest absolute Gasteiger partial charge is 0.309 e. The van der Waals surface area contributed by atoms with Crippen LogP contribution in [0, 0.1) is 27.6 Å². The maximum Gasteiger partial charge on any atom is 0.309 e. The average Bonchev–Trinajstić information content (AvgIpc) is 3.17. The Bertz CT molecular complexity index is 1060. The molecule has 1 fully saturated rings.